The van der Waals surface area contributed by atoms with Crippen LogP contribution in [0.25, 0.3) is 0 Å². The monoisotopic (exact) mass is 384 g/mol. The Labute approximate surface area is 165 Å². The van der Waals surface area contributed by atoms with Crippen LogP contribution in [0.5, 0.6) is 0 Å². The molecule has 1 heterocycles. The molecule has 1 saturated heterocycles. The Kier molecular flexibility index (Phi) is 3.84. The van der Waals surface area contributed by atoms with E-state index in [1.54, 1.807) is 0 Å². The van der Waals surface area contributed by atoms with Gasteiger partial charge >= 0.3 is 5.97 Å². The van der Waals surface area contributed by atoms with Crippen molar-refractivity contribution in [3.8, 4) is 0 Å². The molecule has 0 aromatic rings. The van der Waals surface area contributed by atoms with E-state index < -0.39 is 5.97 Å². The molecule has 5 aliphatic rings. The summed E-state index contributed by atoms with van der Waals surface area (Å²) in [5, 5.41) is 0. The van der Waals surface area contributed by atoms with Gasteiger partial charge in [-0.25, -0.2) is 0 Å². The van der Waals surface area contributed by atoms with Crippen molar-refractivity contribution >= 4 is 17.5 Å². The predicted octanol–water partition coefficient (Wildman–Crippen LogP) is 3.17. The predicted molar refractivity (Wildman–Crippen MR) is 101 cm³/mol. The first-order chi connectivity index (χ1) is 13.3. The molecule has 0 spiro atoms. The molecule has 4 aliphatic carbocycles. The summed E-state index contributed by atoms with van der Waals surface area (Å²) in [6.07, 6.45) is 8.78. The largest absolute Gasteiger partial charge is 0.457 e. The minimum Gasteiger partial charge on any atom is -0.457 e. The number of epoxide rings is 1. The third kappa shape index (κ3) is 2.31. The summed E-state index contributed by atoms with van der Waals surface area (Å²) in [7, 11) is 0. The van der Waals surface area contributed by atoms with Crippen molar-refractivity contribution in [3.63, 3.8) is 0 Å². The first-order valence-electron chi connectivity index (χ1n) is 10.5. The van der Waals surface area contributed by atoms with Crippen LogP contribution in [-0.4, -0.2) is 36.4 Å². The summed E-state index contributed by atoms with van der Waals surface area (Å²) in [5.41, 5.74) is 1.98. The lowest BCUT2D eigenvalue weighted by molar-refractivity contribution is -0.145. The van der Waals surface area contributed by atoms with Gasteiger partial charge in [-0.3, -0.25) is 14.4 Å². The van der Waals surface area contributed by atoms with Gasteiger partial charge in [0.05, 0.1) is 0 Å². The zero-order valence-electron chi connectivity index (χ0n) is 16.8. The van der Waals surface area contributed by atoms with Crippen LogP contribution in [0.1, 0.15) is 52.9 Å². The van der Waals surface area contributed by atoms with Crippen molar-refractivity contribution < 1.29 is 23.9 Å². The Bertz CT molecular complexity index is 838. The number of fused-ring (bicyclic) bond motifs is 7. The van der Waals surface area contributed by atoms with E-state index in [-0.39, 0.29) is 41.2 Å². The maximum atomic E-state index is 12.7. The van der Waals surface area contributed by atoms with Crippen molar-refractivity contribution in [2.75, 3.05) is 6.61 Å². The average Bonchev–Trinajstić information content (AvgIpc) is 3.38. The molecule has 3 fully saturated rings. The molecule has 0 amide bonds. The van der Waals surface area contributed by atoms with E-state index in [1.165, 1.54) is 12.5 Å². The number of hydrogen-bond acceptors (Lipinski definition) is 5. The van der Waals surface area contributed by atoms with E-state index in [0.29, 0.717) is 17.8 Å². The molecule has 0 N–H and O–H groups in total. The summed E-state index contributed by atoms with van der Waals surface area (Å²) < 4.78 is 10.8. The molecular formula is C23H28O5. The Morgan fingerprint density at radius 1 is 1.25 bits per heavy atom. The zero-order valence-corrected chi connectivity index (χ0v) is 16.8. The SMILES string of the molecule is CC(=O)OCC(=O)C1=CC[C@H]2[C@@H]3CCC4=CC(=O)C5OC5[C@]4(C)[C@H]3CC[C@]12C. The number of rotatable bonds is 3. The molecule has 2 unspecified atom stereocenters. The molecule has 0 radical (unpaired) electrons. The van der Waals surface area contributed by atoms with Crippen LogP contribution in [0, 0.1) is 28.6 Å². The lowest BCUT2D eigenvalue weighted by atomic mass is 9.46. The number of ether oxygens (including phenoxy) is 2. The molecular weight excluding hydrogens is 356 g/mol. The lowest BCUT2D eigenvalue weighted by Crippen LogP contribution is -2.53. The number of ketones is 2. The molecule has 28 heavy (non-hydrogen) atoms. The van der Waals surface area contributed by atoms with E-state index in [0.717, 1.165) is 37.7 Å². The normalized spacial score (nSPS) is 45.7. The van der Waals surface area contributed by atoms with Crippen LogP contribution in [0.15, 0.2) is 23.3 Å². The molecule has 150 valence electrons. The van der Waals surface area contributed by atoms with Gasteiger partial charge in [-0.2, -0.15) is 0 Å². The van der Waals surface area contributed by atoms with Crippen molar-refractivity contribution in [2.45, 2.75) is 65.1 Å². The van der Waals surface area contributed by atoms with Crippen molar-refractivity contribution in [1.29, 1.82) is 0 Å². The number of hydrogen-bond donors (Lipinski definition) is 0. The van der Waals surface area contributed by atoms with Gasteiger partial charge in [-0.1, -0.05) is 25.5 Å². The van der Waals surface area contributed by atoms with Gasteiger partial charge in [-0.05, 0) is 61.3 Å². The number of esters is 1. The first kappa shape index (κ1) is 18.3. The van der Waals surface area contributed by atoms with Crippen molar-refractivity contribution in [3.05, 3.63) is 23.3 Å². The van der Waals surface area contributed by atoms with E-state index in [4.69, 9.17) is 9.47 Å². The molecule has 1 aliphatic heterocycles. The Balaban J connectivity index is 1.41. The second-order valence-corrected chi connectivity index (χ2v) is 9.76. The van der Waals surface area contributed by atoms with E-state index >= 15 is 0 Å². The van der Waals surface area contributed by atoms with E-state index in [2.05, 4.69) is 19.9 Å². The smallest absolute Gasteiger partial charge is 0.303 e. The molecule has 2 saturated carbocycles. The number of carbonyl (C=O) groups excluding carboxylic acids is 3. The fourth-order valence-electron chi connectivity index (χ4n) is 7.17. The minimum absolute atomic E-state index is 0.0344. The molecule has 5 heteroatoms. The standard InChI is InChI=1S/C23H28O5/c1-12(24)27-11-19(26)17-7-6-15-14-5-4-13-10-18(25)20-21(28-20)23(13,3)16(14)8-9-22(15,17)2/h7,10,14-16,20-21H,4-6,8-9,11H2,1-3H3/t14-,15-,16-,20?,21?,22-,23-/m0/s1. The average molecular weight is 384 g/mol. The summed E-state index contributed by atoms with van der Waals surface area (Å²) in [5.74, 6) is 1.17. The van der Waals surface area contributed by atoms with Gasteiger partial charge in [0.1, 0.15) is 12.2 Å². The molecule has 0 bridgehead atoms. The number of carbonyl (C=O) groups is 3. The number of Topliss-reactive ketones (excluding diaryl/α,β-unsaturated/α-hetero) is 1. The topological polar surface area (TPSA) is 73.0 Å². The first-order valence-corrected chi connectivity index (χ1v) is 10.5. The number of allylic oxidation sites excluding steroid dienone is 1. The second-order valence-electron chi connectivity index (χ2n) is 9.76. The van der Waals surface area contributed by atoms with Gasteiger partial charge < -0.3 is 9.47 Å². The van der Waals surface area contributed by atoms with Gasteiger partial charge in [-0.15, -0.1) is 0 Å². The maximum absolute atomic E-state index is 12.7. The van der Waals surface area contributed by atoms with Crippen molar-refractivity contribution in [1.82, 2.24) is 0 Å². The second kappa shape index (κ2) is 5.88. The molecule has 7 atom stereocenters. The quantitative estimate of drug-likeness (QED) is 0.552. The molecule has 0 aromatic carbocycles. The zero-order chi connectivity index (χ0) is 19.8. The maximum Gasteiger partial charge on any atom is 0.303 e. The van der Waals surface area contributed by atoms with E-state index in [9.17, 15) is 14.4 Å². The van der Waals surface area contributed by atoms with Crippen LogP contribution in [0.3, 0.4) is 0 Å². The fraction of sp³-hybridized carbons (Fsp3) is 0.696. The van der Waals surface area contributed by atoms with Gasteiger partial charge in [0, 0.05) is 17.9 Å². The van der Waals surface area contributed by atoms with Crippen LogP contribution in [0.4, 0.5) is 0 Å². The summed E-state index contributed by atoms with van der Waals surface area (Å²) in [6.45, 7) is 5.72. The van der Waals surface area contributed by atoms with Crippen LogP contribution >= 0.6 is 0 Å². The highest BCUT2D eigenvalue weighted by Gasteiger charge is 2.67. The highest BCUT2D eigenvalue weighted by molar-refractivity contribution is 5.99. The summed E-state index contributed by atoms with van der Waals surface area (Å²) in [6, 6.07) is 0. The summed E-state index contributed by atoms with van der Waals surface area (Å²) in [4.78, 5) is 36.0. The molecule has 5 nitrogen and oxygen atoms in total. The van der Waals surface area contributed by atoms with Crippen LogP contribution in [-0.2, 0) is 23.9 Å². The van der Waals surface area contributed by atoms with Crippen molar-refractivity contribution in [2.24, 2.45) is 28.6 Å². The molecule has 0 aromatic heterocycles. The Morgan fingerprint density at radius 2 is 2.04 bits per heavy atom. The fourth-order valence-corrected chi connectivity index (χ4v) is 7.17. The Hall–Kier alpha value is -1.75. The van der Waals surface area contributed by atoms with Gasteiger partial charge in [0.2, 0.25) is 0 Å². The Morgan fingerprint density at radius 3 is 2.79 bits per heavy atom. The van der Waals surface area contributed by atoms with Gasteiger partial charge in [0.25, 0.3) is 0 Å². The highest BCUT2D eigenvalue weighted by atomic mass is 16.6. The highest BCUT2D eigenvalue weighted by Crippen LogP contribution is 2.67. The van der Waals surface area contributed by atoms with E-state index in [1.807, 2.05) is 6.08 Å². The lowest BCUT2D eigenvalue weighted by Gasteiger charge is -2.57. The third-order valence-electron chi connectivity index (χ3n) is 8.61. The van der Waals surface area contributed by atoms with Crippen LogP contribution < -0.4 is 0 Å². The minimum atomic E-state index is -0.414. The summed E-state index contributed by atoms with van der Waals surface area (Å²) >= 11 is 0. The van der Waals surface area contributed by atoms with Crippen LogP contribution in [0.2, 0.25) is 0 Å². The van der Waals surface area contributed by atoms with Gasteiger partial charge in [0.15, 0.2) is 18.2 Å². The third-order valence-corrected chi connectivity index (χ3v) is 8.61. The molecule has 5 rings (SSSR count).